The first-order chi connectivity index (χ1) is 8.61. The van der Waals surface area contributed by atoms with E-state index in [1.807, 2.05) is 0 Å². The first-order valence-corrected chi connectivity index (χ1v) is 5.03. The topological polar surface area (TPSA) is 277 Å². The molecule has 2 aromatic heterocycles. The van der Waals surface area contributed by atoms with Crippen molar-refractivity contribution in [3.63, 3.8) is 0 Å². The van der Waals surface area contributed by atoms with Crippen molar-refractivity contribution in [3.8, 4) is 0 Å². The quantitative estimate of drug-likeness (QED) is 0.316. The maximum absolute atomic E-state index is 10.4. The number of carbonyl (C=O) groups excluding carboxylic acids is 2. The van der Waals surface area contributed by atoms with Gasteiger partial charge in [-0.2, -0.15) is 0 Å². The molecule has 0 atom stereocenters. The Kier molecular flexibility index (Phi) is 68.5. The predicted octanol–water partition coefficient (Wildman–Crippen LogP) is -13.2. The van der Waals surface area contributed by atoms with E-state index in [-0.39, 0.29) is 105 Å². The number of pyridine rings is 2. The van der Waals surface area contributed by atoms with Crippen LogP contribution in [0.15, 0.2) is 48.8 Å². The zero-order valence-electron chi connectivity index (χ0n) is 13.9. The minimum absolute atomic E-state index is 0. The van der Waals surface area contributed by atoms with E-state index in [0.717, 1.165) is 0 Å². The zero-order valence-corrected chi connectivity index (χ0v) is 18.4. The van der Waals surface area contributed by atoms with Crippen LogP contribution in [-0.4, -0.2) is 21.8 Å². The number of amides is 2. The molecule has 19 N–H and O–H groups in total. The summed E-state index contributed by atoms with van der Waals surface area (Å²) >= 11 is 0. The molecule has 0 unspecified atom stereocenters. The number of hydrogen-bond donors (Lipinski definition) is 2. The van der Waals surface area contributed by atoms with Gasteiger partial charge in [0, 0.05) is 12.4 Å². The van der Waals surface area contributed by atoms with Crippen LogP contribution in [0.3, 0.4) is 0 Å². The number of rotatable bonds is 2. The number of nitrogens with zero attached hydrogens (tertiary/aromatic N) is 2. The maximum atomic E-state index is 10.4. The molecule has 161 valence electrons. The molecule has 1 radical (unpaired) electrons. The van der Waals surface area contributed by atoms with E-state index in [9.17, 15) is 9.59 Å². The SMILES string of the molecule is NC(=O)c1ccccn1.NC(=O)c1ccccn1.[Cl-].[Cl-].[Cl-].[Gd+3].[OH3+].[OH3+].[OH3+].[OH3+].[OH3+]. The van der Waals surface area contributed by atoms with Crippen LogP contribution >= 0.6 is 0 Å². The minimum atomic E-state index is -0.490. The van der Waals surface area contributed by atoms with E-state index < -0.39 is 11.8 Å². The Balaban J connectivity index is -0.0000000257. The predicted molar refractivity (Wildman–Crippen MR) is 89.9 cm³/mol. The summed E-state index contributed by atoms with van der Waals surface area (Å²) in [6, 6.07) is 10.0. The van der Waals surface area contributed by atoms with Crippen LogP contribution in [0.5, 0.6) is 0 Å². The third kappa shape index (κ3) is 25.2. The van der Waals surface area contributed by atoms with Crippen molar-refractivity contribution in [2.45, 2.75) is 0 Å². The first-order valence-electron chi connectivity index (χ1n) is 5.03. The van der Waals surface area contributed by atoms with Crippen LogP contribution in [0, 0.1) is 39.9 Å². The number of nitrogens with two attached hydrogens (primary N) is 2. The summed E-state index contributed by atoms with van der Waals surface area (Å²) in [5, 5.41) is 0. The molecule has 0 aromatic carbocycles. The minimum Gasteiger partial charge on any atom is -1.00 e. The van der Waals surface area contributed by atoms with Crippen molar-refractivity contribution in [2.24, 2.45) is 11.5 Å². The normalized spacial score (nSPS) is 5.93. The van der Waals surface area contributed by atoms with Crippen molar-refractivity contribution < 1.29 is 114 Å². The van der Waals surface area contributed by atoms with Crippen LogP contribution < -0.4 is 48.7 Å². The molecule has 0 spiro atoms. The zero-order chi connectivity index (χ0) is 13.4. The molecule has 2 heterocycles. The van der Waals surface area contributed by atoms with Gasteiger partial charge in [0.15, 0.2) is 0 Å². The fourth-order valence-corrected chi connectivity index (χ4v) is 1.02. The van der Waals surface area contributed by atoms with Crippen LogP contribution in [0.4, 0.5) is 0 Å². The number of carbonyl (C=O) groups is 2. The summed E-state index contributed by atoms with van der Waals surface area (Å²) in [6.45, 7) is 0. The maximum Gasteiger partial charge on any atom is 3.00 e. The summed E-state index contributed by atoms with van der Waals surface area (Å²) in [5.41, 5.74) is 10.4. The molecule has 0 aliphatic carbocycles. The van der Waals surface area contributed by atoms with Gasteiger partial charge >= 0.3 is 39.9 Å². The summed E-state index contributed by atoms with van der Waals surface area (Å²) in [6.07, 6.45) is 3.06. The molecule has 0 aliphatic rings. The van der Waals surface area contributed by atoms with Crippen LogP contribution in [0.25, 0.3) is 0 Å². The standard InChI is InChI=1S/2C6H6N2O.3ClH.Gd.5H2O/c2*7-6(9)5-3-1-2-4-8-5;;;;;;;;;/h2*1-4H,(H2,7,9);3*1H;;5*1H2/q;;;;;+3;;;;;/p+2. The molecule has 0 saturated heterocycles. The van der Waals surface area contributed by atoms with Crippen LogP contribution in [0.2, 0.25) is 0 Å². The van der Waals surface area contributed by atoms with Gasteiger partial charge < -0.3 is 76.1 Å². The van der Waals surface area contributed by atoms with Gasteiger partial charge in [-0.3, -0.25) is 19.6 Å². The van der Waals surface area contributed by atoms with Crippen LogP contribution in [-0.2, 0) is 27.4 Å². The van der Waals surface area contributed by atoms with Gasteiger partial charge in [0.05, 0.1) is 0 Å². The second-order valence-corrected chi connectivity index (χ2v) is 3.16. The average molecular weight is 603 g/mol. The fraction of sp³-hybridized carbons (Fsp3) is 0. The molecule has 0 saturated carbocycles. The van der Waals surface area contributed by atoms with Crippen molar-refractivity contribution in [3.05, 3.63) is 60.2 Å². The molecular weight excluding hydrogens is 576 g/mol. The monoisotopic (exact) mass is 602 g/mol. The van der Waals surface area contributed by atoms with Crippen molar-refractivity contribution >= 4 is 11.8 Å². The van der Waals surface area contributed by atoms with E-state index in [0.29, 0.717) is 11.4 Å². The van der Waals surface area contributed by atoms with Crippen molar-refractivity contribution in [2.75, 3.05) is 0 Å². The molecule has 15 heteroatoms. The second-order valence-electron chi connectivity index (χ2n) is 3.16. The number of hydrogen-bond acceptors (Lipinski definition) is 4. The molecule has 0 bridgehead atoms. The van der Waals surface area contributed by atoms with Gasteiger partial charge in [-0.1, -0.05) is 12.1 Å². The Hall–Kier alpha value is -0.765. The molecule has 2 aromatic rings. The molecule has 27 heavy (non-hydrogen) atoms. The summed E-state index contributed by atoms with van der Waals surface area (Å²) in [5.74, 6) is -0.980. The van der Waals surface area contributed by atoms with Gasteiger partial charge in [0.2, 0.25) is 0 Å². The van der Waals surface area contributed by atoms with Gasteiger partial charge in [-0.15, -0.1) is 0 Å². The largest absolute Gasteiger partial charge is 3.00 e. The molecule has 11 nitrogen and oxygen atoms in total. The summed E-state index contributed by atoms with van der Waals surface area (Å²) in [4.78, 5) is 28.1. The Bertz CT molecular complexity index is 496. The van der Waals surface area contributed by atoms with E-state index in [4.69, 9.17) is 11.5 Å². The third-order valence-corrected chi connectivity index (χ3v) is 1.83. The first kappa shape index (κ1) is 56.2. The summed E-state index contributed by atoms with van der Waals surface area (Å²) < 4.78 is 0. The molecule has 0 fully saturated rings. The molecule has 2 amide bonds. The Morgan fingerprint density at radius 1 is 0.630 bits per heavy atom. The second kappa shape index (κ2) is 32.9. The van der Waals surface area contributed by atoms with Gasteiger partial charge in [-0.05, 0) is 24.3 Å². The summed E-state index contributed by atoms with van der Waals surface area (Å²) in [7, 11) is 0. The number of halogens is 3. The molecule has 2 rings (SSSR count). The van der Waals surface area contributed by atoms with Gasteiger partial charge in [-0.25, -0.2) is 0 Å². The van der Waals surface area contributed by atoms with Crippen molar-refractivity contribution in [1.82, 2.24) is 9.97 Å². The Morgan fingerprint density at radius 3 is 1.00 bits per heavy atom. The molecule has 0 aliphatic heterocycles. The van der Waals surface area contributed by atoms with Crippen molar-refractivity contribution in [1.29, 1.82) is 0 Å². The van der Waals surface area contributed by atoms with Crippen LogP contribution in [0.1, 0.15) is 21.0 Å². The van der Waals surface area contributed by atoms with E-state index in [2.05, 4.69) is 9.97 Å². The van der Waals surface area contributed by atoms with E-state index >= 15 is 0 Å². The van der Waals surface area contributed by atoms with Gasteiger partial charge in [0.1, 0.15) is 11.4 Å². The Labute approximate surface area is 206 Å². The number of primary amides is 2. The van der Waals surface area contributed by atoms with Gasteiger partial charge in [0.25, 0.3) is 11.8 Å². The Morgan fingerprint density at radius 2 is 0.889 bits per heavy atom. The molecular formula is C12H27Cl3GdN4O7+5. The fourth-order valence-electron chi connectivity index (χ4n) is 1.02. The van der Waals surface area contributed by atoms with E-state index in [1.54, 1.807) is 36.4 Å². The smallest absolute Gasteiger partial charge is 1.00 e. The third-order valence-electron chi connectivity index (χ3n) is 1.83. The average Bonchev–Trinajstić information content (AvgIpc) is 2.41. The number of aromatic nitrogens is 2. The van der Waals surface area contributed by atoms with E-state index in [1.165, 1.54) is 12.4 Å².